The van der Waals surface area contributed by atoms with Crippen molar-refractivity contribution < 1.29 is 4.39 Å². The zero-order chi connectivity index (χ0) is 13.8. The van der Waals surface area contributed by atoms with Crippen molar-refractivity contribution in [1.29, 1.82) is 0 Å². The Hall–Kier alpha value is -1.73. The van der Waals surface area contributed by atoms with Gasteiger partial charge in [-0.1, -0.05) is 34.1 Å². The Balaban J connectivity index is 2.25. The molecular formula is C12H13BrFN5. The highest BCUT2D eigenvalue weighted by Crippen LogP contribution is 2.21. The van der Waals surface area contributed by atoms with Gasteiger partial charge in [-0.25, -0.2) is 15.2 Å². The summed E-state index contributed by atoms with van der Waals surface area (Å²) >= 11 is 3.46. The van der Waals surface area contributed by atoms with Crippen LogP contribution in [0.15, 0.2) is 34.9 Å². The van der Waals surface area contributed by atoms with Crippen molar-refractivity contribution >= 4 is 27.7 Å². The summed E-state index contributed by atoms with van der Waals surface area (Å²) in [6.07, 6.45) is 1.09. The van der Waals surface area contributed by atoms with Gasteiger partial charge in [0.1, 0.15) is 0 Å². The molecule has 0 aliphatic carbocycles. The minimum Gasteiger partial charge on any atom is -0.353 e. The van der Waals surface area contributed by atoms with Crippen LogP contribution in [0, 0.1) is 5.82 Å². The zero-order valence-corrected chi connectivity index (χ0v) is 11.9. The van der Waals surface area contributed by atoms with Crippen molar-refractivity contribution in [2.75, 3.05) is 17.4 Å². The fourth-order valence-corrected chi connectivity index (χ4v) is 2.06. The second-order valence-corrected chi connectivity index (χ2v) is 4.81. The van der Waals surface area contributed by atoms with Crippen LogP contribution in [0.3, 0.4) is 0 Å². The fraction of sp³-hybridized carbons (Fsp3) is 0.167. The van der Waals surface area contributed by atoms with E-state index in [-0.39, 0.29) is 11.8 Å². The lowest BCUT2D eigenvalue weighted by Crippen LogP contribution is -2.21. The molecule has 0 unspecified atom stereocenters. The van der Waals surface area contributed by atoms with Gasteiger partial charge in [-0.15, -0.1) is 0 Å². The van der Waals surface area contributed by atoms with E-state index in [0.29, 0.717) is 6.54 Å². The van der Waals surface area contributed by atoms with Gasteiger partial charge in [0.05, 0.1) is 6.20 Å². The Labute approximate surface area is 118 Å². The number of halogens is 2. The second-order valence-electron chi connectivity index (χ2n) is 3.96. The smallest absolute Gasteiger partial charge is 0.239 e. The predicted molar refractivity (Wildman–Crippen MR) is 76.0 cm³/mol. The summed E-state index contributed by atoms with van der Waals surface area (Å²) in [7, 11) is 1.76. The number of nitrogens with zero attached hydrogens (tertiary/aromatic N) is 3. The number of nitrogens with two attached hydrogens (primary N) is 1. The van der Waals surface area contributed by atoms with E-state index in [0.717, 1.165) is 16.2 Å². The van der Waals surface area contributed by atoms with Gasteiger partial charge in [0.25, 0.3) is 0 Å². The number of hydrogen-bond donors (Lipinski definition) is 2. The lowest BCUT2D eigenvalue weighted by atomic mass is 10.2. The summed E-state index contributed by atoms with van der Waals surface area (Å²) in [6.45, 7) is 0.513. The maximum Gasteiger partial charge on any atom is 0.239 e. The van der Waals surface area contributed by atoms with Crippen molar-refractivity contribution in [2.45, 2.75) is 6.54 Å². The summed E-state index contributed by atoms with van der Waals surface area (Å²) in [6, 6.07) is 7.75. The minimum absolute atomic E-state index is 0.176. The predicted octanol–water partition coefficient (Wildman–Crippen LogP) is 2.30. The number of anilines is 2. The number of hydrogen-bond acceptors (Lipinski definition) is 5. The molecule has 0 atom stereocenters. The summed E-state index contributed by atoms with van der Waals surface area (Å²) < 4.78 is 14.7. The first-order chi connectivity index (χ1) is 9.11. The number of benzene rings is 1. The molecule has 19 heavy (non-hydrogen) atoms. The first-order valence-electron chi connectivity index (χ1n) is 5.55. The minimum atomic E-state index is -0.492. The quantitative estimate of drug-likeness (QED) is 0.667. The standard InChI is InChI=1S/C12H13BrFN5/c1-19(7-8-4-2-3-5-9(8)13)11-10(14)6-16-12(17-11)18-15/h2-6H,7,15H2,1H3,(H,16,17,18). The van der Waals surface area contributed by atoms with Gasteiger partial charge in [0.15, 0.2) is 11.6 Å². The van der Waals surface area contributed by atoms with E-state index in [1.165, 1.54) is 0 Å². The molecule has 0 bridgehead atoms. The highest BCUT2D eigenvalue weighted by Gasteiger charge is 2.12. The third kappa shape index (κ3) is 3.18. The van der Waals surface area contributed by atoms with Gasteiger partial charge in [-0.2, -0.15) is 4.98 Å². The van der Waals surface area contributed by atoms with Gasteiger partial charge in [0.2, 0.25) is 5.95 Å². The third-order valence-corrected chi connectivity index (χ3v) is 3.36. The molecule has 0 saturated carbocycles. The molecular weight excluding hydrogens is 313 g/mol. The van der Waals surface area contributed by atoms with E-state index in [9.17, 15) is 4.39 Å². The SMILES string of the molecule is CN(Cc1ccccc1Br)c1nc(NN)ncc1F. The van der Waals surface area contributed by atoms with Crippen LogP contribution in [-0.2, 0) is 6.54 Å². The molecule has 0 fully saturated rings. The molecule has 0 amide bonds. The van der Waals surface area contributed by atoms with Crippen LogP contribution in [0.4, 0.5) is 16.2 Å². The number of hydrazine groups is 1. The van der Waals surface area contributed by atoms with E-state index >= 15 is 0 Å². The molecule has 2 rings (SSSR count). The highest BCUT2D eigenvalue weighted by atomic mass is 79.9. The Bertz CT molecular complexity index is 578. The molecule has 0 saturated heterocycles. The largest absolute Gasteiger partial charge is 0.353 e. The summed E-state index contributed by atoms with van der Waals surface area (Å²) in [5.41, 5.74) is 3.33. The van der Waals surface area contributed by atoms with Gasteiger partial charge in [0, 0.05) is 18.1 Å². The Morgan fingerprint density at radius 1 is 1.42 bits per heavy atom. The molecule has 2 aromatic rings. The molecule has 7 heteroatoms. The van der Waals surface area contributed by atoms with Crippen LogP contribution in [0.1, 0.15) is 5.56 Å². The van der Waals surface area contributed by atoms with Crippen molar-refractivity contribution in [2.24, 2.45) is 5.84 Å². The van der Waals surface area contributed by atoms with E-state index in [1.54, 1.807) is 11.9 Å². The average Bonchev–Trinajstić information content (AvgIpc) is 2.42. The lowest BCUT2D eigenvalue weighted by molar-refractivity contribution is 0.607. The van der Waals surface area contributed by atoms with E-state index in [4.69, 9.17) is 5.84 Å². The van der Waals surface area contributed by atoms with Crippen LogP contribution in [0.5, 0.6) is 0 Å². The van der Waals surface area contributed by atoms with Crippen molar-refractivity contribution in [3.05, 3.63) is 46.3 Å². The molecule has 0 spiro atoms. The van der Waals surface area contributed by atoms with Crippen molar-refractivity contribution in [3.63, 3.8) is 0 Å². The van der Waals surface area contributed by atoms with Gasteiger partial charge in [-0.3, -0.25) is 5.43 Å². The van der Waals surface area contributed by atoms with E-state index in [1.807, 2.05) is 24.3 Å². The molecule has 0 aliphatic rings. The molecule has 100 valence electrons. The van der Waals surface area contributed by atoms with E-state index in [2.05, 4.69) is 31.3 Å². The first-order valence-corrected chi connectivity index (χ1v) is 6.35. The zero-order valence-electron chi connectivity index (χ0n) is 10.3. The first kappa shape index (κ1) is 13.7. The van der Waals surface area contributed by atoms with Crippen LogP contribution < -0.4 is 16.2 Å². The Kier molecular flexibility index (Phi) is 4.28. The van der Waals surface area contributed by atoms with Crippen molar-refractivity contribution in [1.82, 2.24) is 9.97 Å². The van der Waals surface area contributed by atoms with Crippen LogP contribution in [0.2, 0.25) is 0 Å². The maximum atomic E-state index is 13.7. The van der Waals surface area contributed by atoms with Crippen LogP contribution >= 0.6 is 15.9 Å². The summed E-state index contributed by atoms with van der Waals surface area (Å²) in [5, 5.41) is 0. The number of nitrogen functional groups attached to an aromatic ring is 1. The summed E-state index contributed by atoms with van der Waals surface area (Å²) in [5.74, 6) is 5.10. The van der Waals surface area contributed by atoms with Gasteiger partial charge < -0.3 is 4.90 Å². The topological polar surface area (TPSA) is 67.1 Å². The monoisotopic (exact) mass is 325 g/mol. The molecule has 5 nitrogen and oxygen atoms in total. The average molecular weight is 326 g/mol. The van der Waals surface area contributed by atoms with Crippen LogP contribution in [-0.4, -0.2) is 17.0 Å². The molecule has 0 aliphatic heterocycles. The summed E-state index contributed by atoms with van der Waals surface area (Å²) in [4.78, 5) is 9.40. The third-order valence-electron chi connectivity index (χ3n) is 2.58. The highest BCUT2D eigenvalue weighted by molar-refractivity contribution is 9.10. The fourth-order valence-electron chi connectivity index (χ4n) is 1.65. The molecule has 1 aromatic carbocycles. The molecule has 0 radical (unpaired) electrons. The molecule has 1 aromatic heterocycles. The number of nitrogens with one attached hydrogen (secondary N) is 1. The number of aromatic nitrogens is 2. The Morgan fingerprint density at radius 2 is 2.16 bits per heavy atom. The van der Waals surface area contributed by atoms with Gasteiger partial charge >= 0.3 is 0 Å². The molecule has 3 N–H and O–H groups in total. The lowest BCUT2D eigenvalue weighted by Gasteiger charge is -2.19. The Morgan fingerprint density at radius 3 is 2.84 bits per heavy atom. The van der Waals surface area contributed by atoms with E-state index < -0.39 is 5.82 Å². The number of rotatable bonds is 4. The van der Waals surface area contributed by atoms with Crippen LogP contribution in [0.25, 0.3) is 0 Å². The van der Waals surface area contributed by atoms with Gasteiger partial charge in [-0.05, 0) is 11.6 Å². The maximum absolute atomic E-state index is 13.7. The van der Waals surface area contributed by atoms with Crippen molar-refractivity contribution in [3.8, 4) is 0 Å². The normalized spacial score (nSPS) is 10.3. The molecule has 1 heterocycles. The second kappa shape index (κ2) is 5.94.